The number of amides is 1. The van der Waals surface area contributed by atoms with Crippen LogP contribution in [0.15, 0.2) is 63.1 Å². The second kappa shape index (κ2) is 9.52. The summed E-state index contributed by atoms with van der Waals surface area (Å²) in [6.45, 7) is 3.27. The van der Waals surface area contributed by atoms with Gasteiger partial charge in [0.25, 0.3) is 0 Å². The molecule has 3 aromatic rings. The van der Waals surface area contributed by atoms with Crippen molar-refractivity contribution in [3.63, 3.8) is 0 Å². The summed E-state index contributed by atoms with van der Waals surface area (Å²) in [6, 6.07) is 15.6. The molecule has 2 aromatic carbocycles. The minimum Gasteiger partial charge on any atom is -0.381 e. The molecule has 0 saturated carbocycles. The van der Waals surface area contributed by atoms with E-state index in [1.54, 1.807) is 23.3 Å². The topological polar surface area (TPSA) is 92.1 Å². The second-order valence-electron chi connectivity index (χ2n) is 7.76. The van der Waals surface area contributed by atoms with E-state index >= 15 is 0 Å². The lowest BCUT2D eigenvalue weighted by atomic mass is 9.73. The Bertz CT molecular complexity index is 1170. The molecule has 7 nitrogen and oxygen atoms in total. The average molecular weight is 473 g/mol. The maximum Gasteiger partial charge on any atom is 0.350 e. The Hall–Kier alpha value is -2.55. The van der Waals surface area contributed by atoms with E-state index < -0.39 is 5.41 Å². The van der Waals surface area contributed by atoms with Crippen LogP contribution in [0.2, 0.25) is 0 Å². The van der Waals surface area contributed by atoms with Crippen LogP contribution in [0.5, 0.6) is 0 Å². The van der Waals surface area contributed by atoms with Gasteiger partial charge in [0.2, 0.25) is 5.91 Å². The van der Waals surface area contributed by atoms with Gasteiger partial charge < -0.3 is 10.5 Å². The summed E-state index contributed by atoms with van der Waals surface area (Å²) in [5.41, 5.74) is 6.55. The number of alkyl halides is 1. The number of carbonyl (C=O) groups excluding carboxylic acids is 1. The van der Waals surface area contributed by atoms with Crippen LogP contribution >= 0.6 is 23.4 Å². The highest BCUT2D eigenvalue weighted by Gasteiger charge is 2.40. The van der Waals surface area contributed by atoms with E-state index in [1.165, 1.54) is 4.68 Å². The third-order valence-corrected chi connectivity index (χ3v) is 7.04. The predicted octanol–water partition coefficient (Wildman–Crippen LogP) is 3.27. The number of benzene rings is 2. The fraction of sp³-hybridized carbons (Fsp3) is 0.348. The summed E-state index contributed by atoms with van der Waals surface area (Å²) < 4.78 is 8.40. The van der Waals surface area contributed by atoms with Crippen molar-refractivity contribution < 1.29 is 9.53 Å². The summed E-state index contributed by atoms with van der Waals surface area (Å²) in [6.07, 6.45) is 1.19. The van der Waals surface area contributed by atoms with Crippen molar-refractivity contribution in [2.75, 3.05) is 19.1 Å². The van der Waals surface area contributed by atoms with Gasteiger partial charge in [-0.1, -0.05) is 23.9 Å². The zero-order chi connectivity index (χ0) is 22.7. The Morgan fingerprint density at radius 1 is 1.19 bits per heavy atom. The summed E-state index contributed by atoms with van der Waals surface area (Å²) in [4.78, 5) is 26.9. The number of rotatable bonds is 7. The highest BCUT2D eigenvalue weighted by molar-refractivity contribution is 7.99. The molecule has 9 heteroatoms. The highest BCUT2D eigenvalue weighted by Crippen LogP contribution is 2.37. The average Bonchev–Trinajstić information content (AvgIpc) is 3.09. The minimum absolute atomic E-state index is 0.204. The van der Waals surface area contributed by atoms with Gasteiger partial charge in [-0.05, 0) is 61.7 Å². The molecule has 168 valence electrons. The van der Waals surface area contributed by atoms with E-state index in [0.717, 1.165) is 15.4 Å². The Labute approximate surface area is 195 Å². The number of aryl methyl sites for hydroxylation is 1. The molecule has 1 aromatic heterocycles. The van der Waals surface area contributed by atoms with Crippen molar-refractivity contribution in [1.82, 2.24) is 14.3 Å². The van der Waals surface area contributed by atoms with Gasteiger partial charge in [0, 0.05) is 35.4 Å². The summed E-state index contributed by atoms with van der Waals surface area (Å²) in [5.74, 6) is 0.676. The lowest BCUT2D eigenvalue weighted by molar-refractivity contribution is -0.127. The SMILES string of the molecule is Cc1nn(-c2ccc(Sc3cccc(C4(C(N)=O)CCOCC4)c3)cc2)c(=O)n1CCCl. The molecule has 1 fully saturated rings. The number of primary amides is 1. The molecule has 0 atom stereocenters. The summed E-state index contributed by atoms with van der Waals surface area (Å²) in [5, 5.41) is 4.35. The quantitative estimate of drug-likeness (QED) is 0.533. The van der Waals surface area contributed by atoms with Gasteiger partial charge in [0.1, 0.15) is 5.82 Å². The van der Waals surface area contributed by atoms with Crippen LogP contribution in [0.3, 0.4) is 0 Å². The van der Waals surface area contributed by atoms with Gasteiger partial charge in [-0.25, -0.2) is 4.79 Å². The fourth-order valence-corrected chi connectivity index (χ4v) is 5.10. The normalized spacial score (nSPS) is 15.6. The monoisotopic (exact) mass is 472 g/mol. The number of nitrogens with zero attached hydrogens (tertiary/aromatic N) is 3. The Balaban J connectivity index is 1.56. The zero-order valence-electron chi connectivity index (χ0n) is 17.8. The molecule has 2 N–H and O–H groups in total. The van der Waals surface area contributed by atoms with Crippen LogP contribution in [-0.4, -0.2) is 39.3 Å². The van der Waals surface area contributed by atoms with Crippen molar-refractivity contribution in [3.05, 3.63) is 70.4 Å². The fourth-order valence-electron chi connectivity index (χ4n) is 4.05. The molecule has 4 rings (SSSR count). The molecule has 0 unspecified atom stereocenters. The van der Waals surface area contributed by atoms with Crippen molar-refractivity contribution in [3.8, 4) is 5.69 Å². The maximum absolute atomic E-state index is 12.6. The zero-order valence-corrected chi connectivity index (χ0v) is 19.4. The lowest BCUT2D eigenvalue weighted by Crippen LogP contribution is -2.45. The number of hydrogen-bond donors (Lipinski definition) is 1. The molecule has 32 heavy (non-hydrogen) atoms. The molecule has 0 aliphatic carbocycles. The van der Waals surface area contributed by atoms with Crippen molar-refractivity contribution in [2.24, 2.45) is 5.73 Å². The molecule has 1 amide bonds. The van der Waals surface area contributed by atoms with E-state index in [-0.39, 0.29) is 11.6 Å². The third-order valence-electron chi connectivity index (χ3n) is 5.88. The number of carbonyl (C=O) groups is 1. The van der Waals surface area contributed by atoms with Crippen molar-refractivity contribution in [2.45, 2.75) is 41.5 Å². The lowest BCUT2D eigenvalue weighted by Gasteiger charge is -2.34. The molecule has 2 heterocycles. The van der Waals surface area contributed by atoms with E-state index in [0.29, 0.717) is 50.0 Å². The third kappa shape index (κ3) is 4.35. The molecule has 0 spiro atoms. The molecule has 0 radical (unpaired) electrons. The van der Waals surface area contributed by atoms with E-state index in [9.17, 15) is 9.59 Å². The van der Waals surface area contributed by atoms with E-state index in [1.807, 2.05) is 48.5 Å². The predicted molar refractivity (Wildman–Crippen MR) is 125 cm³/mol. The first-order valence-electron chi connectivity index (χ1n) is 10.4. The molecule has 1 aliphatic heterocycles. The van der Waals surface area contributed by atoms with Crippen LogP contribution < -0.4 is 11.4 Å². The molecule has 0 bridgehead atoms. The number of halogens is 1. The van der Waals surface area contributed by atoms with Crippen LogP contribution in [0, 0.1) is 6.92 Å². The minimum atomic E-state index is -0.681. The van der Waals surface area contributed by atoms with Gasteiger partial charge in [-0.3, -0.25) is 9.36 Å². The van der Waals surface area contributed by atoms with Crippen LogP contribution in [0.25, 0.3) is 5.69 Å². The van der Waals surface area contributed by atoms with Crippen LogP contribution in [-0.2, 0) is 21.5 Å². The van der Waals surface area contributed by atoms with Gasteiger partial charge >= 0.3 is 5.69 Å². The smallest absolute Gasteiger partial charge is 0.350 e. The first kappa shape index (κ1) is 22.6. The maximum atomic E-state index is 12.6. The Morgan fingerprint density at radius 2 is 1.91 bits per heavy atom. The van der Waals surface area contributed by atoms with Gasteiger partial charge in [0.05, 0.1) is 11.1 Å². The standard InChI is InChI=1S/C23H25ClN4O3S/c1-16-26-28(22(30)27(16)12-11-24)18-5-7-19(8-6-18)32-20-4-2-3-17(15-20)23(21(25)29)9-13-31-14-10-23/h2-8,15H,9-14H2,1H3,(H2,25,29). The van der Waals surface area contributed by atoms with Gasteiger partial charge in [-0.15, -0.1) is 11.6 Å². The van der Waals surface area contributed by atoms with Crippen molar-refractivity contribution in [1.29, 1.82) is 0 Å². The first-order valence-corrected chi connectivity index (χ1v) is 11.8. The van der Waals surface area contributed by atoms with Crippen LogP contribution in [0.4, 0.5) is 0 Å². The largest absolute Gasteiger partial charge is 0.381 e. The Morgan fingerprint density at radius 3 is 2.56 bits per heavy atom. The highest BCUT2D eigenvalue weighted by atomic mass is 35.5. The number of nitrogens with two attached hydrogens (primary N) is 1. The number of hydrogen-bond acceptors (Lipinski definition) is 5. The Kier molecular flexibility index (Phi) is 6.74. The van der Waals surface area contributed by atoms with Crippen LogP contribution in [0.1, 0.15) is 24.2 Å². The summed E-state index contributed by atoms with van der Waals surface area (Å²) in [7, 11) is 0. The molecule has 1 aliphatic rings. The second-order valence-corrected chi connectivity index (χ2v) is 9.29. The van der Waals surface area contributed by atoms with Gasteiger partial charge in [-0.2, -0.15) is 9.78 Å². The molecular formula is C23H25ClN4O3S. The summed E-state index contributed by atoms with van der Waals surface area (Å²) >= 11 is 7.38. The van der Waals surface area contributed by atoms with E-state index in [2.05, 4.69) is 5.10 Å². The first-order chi connectivity index (χ1) is 15.4. The molecule has 1 saturated heterocycles. The van der Waals surface area contributed by atoms with Gasteiger partial charge in [0.15, 0.2) is 0 Å². The van der Waals surface area contributed by atoms with E-state index in [4.69, 9.17) is 22.1 Å². The molecular weight excluding hydrogens is 448 g/mol. The number of ether oxygens (including phenoxy) is 1. The number of aromatic nitrogens is 3. The van der Waals surface area contributed by atoms with Crippen molar-refractivity contribution >= 4 is 29.3 Å².